The van der Waals surface area contributed by atoms with Crippen LogP contribution in [0.3, 0.4) is 0 Å². The van der Waals surface area contributed by atoms with Gasteiger partial charge in [0.25, 0.3) is 0 Å². The molecule has 1 aromatic rings. The molecule has 5 nitrogen and oxygen atoms in total. The molecule has 1 aromatic carbocycles. The van der Waals surface area contributed by atoms with Crippen LogP contribution in [0.25, 0.3) is 0 Å². The van der Waals surface area contributed by atoms with Crippen LogP contribution in [0.1, 0.15) is 12.5 Å². The zero-order chi connectivity index (χ0) is 12.7. The van der Waals surface area contributed by atoms with Crippen molar-refractivity contribution in [3.63, 3.8) is 0 Å². The van der Waals surface area contributed by atoms with Crippen LogP contribution < -0.4 is 5.73 Å². The first-order valence-electron chi connectivity index (χ1n) is 5.28. The standard InChI is InChI=1S/C12H15NO4.ClH/c1-2-16-11(14)10(13)12(15)17-8-9-6-4-3-5-7-9;/h3-7,10H,2,8,13H2,1H3;1H. The number of benzene rings is 1. The van der Waals surface area contributed by atoms with E-state index in [4.69, 9.17) is 10.5 Å². The van der Waals surface area contributed by atoms with Crippen molar-refractivity contribution in [3.05, 3.63) is 35.9 Å². The summed E-state index contributed by atoms with van der Waals surface area (Å²) in [6, 6.07) is 7.75. The lowest BCUT2D eigenvalue weighted by molar-refractivity contribution is -0.157. The highest BCUT2D eigenvalue weighted by Gasteiger charge is 2.24. The second-order valence-corrected chi connectivity index (χ2v) is 3.32. The Morgan fingerprint density at radius 3 is 2.28 bits per heavy atom. The highest BCUT2D eigenvalue weighted by molar-refractivity contribution is 5.98. The van der Waals surface area contributed by atoms with Crippen LogP contribution in [0.4, 0.5) is 0 Å². The molecule has 0 fully saturated rings. The second kappa shape index (κ2) is 8.49. The fraction of sp³-hybridized carbons (Fsp3) is 0.333. The van der Waals surface area contributed by atoms with Crippen molar-refractivity contribution in [2.24, 2.45) is 5.73 Å². The summed E-state index contributed by atoms with van der Waals surface area (Å²) in [6.45, 7) is 1.91. The van der Waals surface area contributed by atoms with Crippen molar-refractivity contribution >= 4 is 24.3 Å². The number of rotatable bonds is 5. The molecule has 0 bridgehead atoms. The molecule has 0 aliphatic heterocycles. The predicted octanol–water partition coefficient (Wildman–Crippen LogP) is 1.04. The van der Waals surface area contributed by atoms with E-state index in [-0.39, 0.29) is 25.6 Å². The largest absolute Gasteiger partial charge is 0.464 e. The van der Waals surface area contributed by atoms with Crippen molar-refractivity contribution in [2.45, 2.75) is 19.6 Å². The Bertz CT molecular complexity index is 383. The summed E-state index contributed by atoms with van der Waals surface area (Å²) in [5.74, 6) is -1.56. The van der Waals surface area contributed by atoms with E-state index in [2.05, 4.69) is 4.74 Å². The Kier molecular flexibility index (Phi) is 7.74. The number of halogens is 1. The molecule has 0 spiro atoms. The van der Waals surface area contributed by atoms with E-state index >= 15 is 0 Å². The molecule has 0 saturated carbocycles. The zero-order valence-corrected chi connectivity index (χ0v) is 10.8. The molecule has 0 aliphatic carbocycles. The number of hydrogen-bond donors (Lipinski definition) is 1. The molecule has 18 heavy (non-hydrogen) atoms. The molecule has 1 rings (SSSR count). The summed E-state index contributed by atoms with van der Waals surface area (Å²) < 4.78 is 9.50. The van der Waals surface area contributed by atoms with Gasteiger partial charge in [0.15, 0.2) is 0 Å². The molecule has 0 aromatic heterocycles. The normalized spacial score (nSPS) is 11.0. The first kappa shape index (κ1) is 16.4. The van der Waals surface area contributed by atoms with E-state index in [1.807, 2.05) is 30.3 Å². The molecule has 6 heteroatoms. The fourth-order valence-corrected chi connectivity index (χ4v) is 1.15. The third kappa shape index (κ3) is 5.16. The van der Waals surface area contributed by atoms with Crippen LogP contribution in [0.5, 0.6) is 0 Å². The molecule has 0 heterocycles. The lowest BCUT2D eigenvalue weighted by Gasteiger charge is -2.10. The number of hydrogen-bond acceptors (Lipinski definition) is 5. The van der Waals surface area contributed by atoms with E-state index in [0.29, 0.717) is 0 Å². The van der Waals surface area contributed by atoms with Gasteiger partial charge in [-0.05, 0) is 12.5 Å². The van der Waals surface area contributed by atoms with Gasteiger partial charge < -0.3 is 15.2 Å². The van der Waals surface area contributed by atoms with Gasteiger partial charge in [-0.25, -0.2) is 9.59 Å². The Morgan fingerprint density at radius 1 is 1.17 bits per heavy atom. The molecule has 0 amide bonds. The van der Waals surface area contributed by atoms with Gasteiger partial charge in [0.05, 0.1) is 6.61 Å². The van der Waals surface area contributed by atoms with Crippen LogP contribution in [0, 0.1) is 0 Å². The Hall–Kier alpha value is -1.59. The van der Waals surface area contributed by atoms with Crippen molar-refractivity contribution in [1.82, 2.24) is 0 Å². The number of carbonyl (C=O) groups is 2. The maximum atomic E-state index is 11.4. The van der Waals surface area contributed by atoms with Gasteiger partial charge in [0, 0.05) is 0 Å². The lowest BCUT2D eigenvalue weighted by atomic mass is 10.2. The minimum atomic E-state index is -1.38. The molecule has 1 unspecified atom stereocenters. The fourth-order valence-electron chi connectivity index (χ4n) is 1.15. The van der Waals surface area contributed by atoms with Crippen LogP contribution in [-0.4, -0.2) is 24.6 Å². The second-order valence-electron chi connectivity index (χ2n) is 3.32. The maximum Gasteiger partial charge on any atom is 0.334 e. The number of carbonyl (C=O) groups excluding carboxylic acids is 2. The minimum Gasteiger partial charge on any atom is -0.464 e. The Morgan fingerprint density at radius 2 is 1.72 bits per heavy atom. The van der Waals surface area contributed by atoms with E-state index in [0.717, 1.165) is 5.56 Å². The quantitative estimate of drug-likeness (QED) is 0.641. The zero-order valence-electron chi connectivity index (χ0n) is 10.00. The van der Waals surface area contributed by atoms with Gasteiger partial charge in [-0.2, -0.15) is 0 Å². The van der Waals surface area contributed by atoms with E-state index in [1.54, 1.807) is 6.92 Å². The van der Waals surface area contributed by atoms with Gasteiger partial charge in [-0.3, -0.25) is 0 Å². The summed E-state index contributed by atoms with van der Waals surface area (Å²) in [6.07, 6.45) is 0. The Balaban J connectivity index is 0.00000289. The summed E-state index contributed by atoms with van der Waals surface area (Å²) in [5.41, 5.74) is 6.19. The SMILES string of the molecule is CCOC(=O)C(N)C(=O)OCc1ccccc1.Cl. The minimum absolute atomic E-state index is 0. The summed E-state index contributed by atoms with van der Waals surface area (Å²) >= 11 is 0. The molecule has 0 radical (unpaired) electrons. The van der Waals surface area contributed by atoms with Gasteiger partial charge >= 0.3 is 11.9 Å². The van der Waals surface area contributed by atoms with Crippen molar-refractivity contribution in [1.29, 1.82) is 0 Å². The first-order valence-corrected chi connectivity index (χ1v) is 5.28. The highest BCUT2D eigenvalue weighted by atomic mass is 35.5. The van der Waals surface area contributed by atoms with Crippen LogP contribution >= 0.6 is 12.4 Å². The average Bonchev–Trinajstić information content (AvgIpc) is 2.36. The monoisotopic (exact) mass is 273 g/mol. The molecular formula is C12H16ClNO4. The van der Waals surface area contributed by atoms with Crippen LogP contribution in [0.15, 0.2) is 30.3 Å². The number of ether oxygens (including phenoxy) is 2. The summed E-state index contributed by atoms with van der Waals surface area (Å²) in [7, 11) is 0. The molecular weight excluding hydrogens is 258 g/mol. The van der Waals surface area contributed by atoms with E-state index in [1.165, 1.54) is 0 Å². The van der Waals surface area contributed by atoms with Gasteiger partial charge in [-0.15, -0.1) is 12.4 Å². The van der Waals surface area contributed by atoms with Crippen molar-refractivity contribution < 1.29 is 19.1 Å². The number of esters is 2. The maximum absolute atomic E-state index is 11.4. The van der Waals surface area contributed by atoms with Crippen molar-refractivity contribution in [3.8, 4) is 0 Å². The topological polar surface area (TPSA) is 78.6 Å². The van der Waals surface area contributed by atoms with E-state index in [9.17, 15) is 9.59 Å². The Labute approximate surface area is 112 Å². The van der Waals surface area contributed by atoms with Crippen LogP contribution in [0.2, 0.25) is 0 Å². The predicted molar refractivity (Wildman–Crippen MR) is 68.1 cm³/mol. The first-order chi connectivity index (χ1) is 8.15. The third-order valence-electron chi connectivity index (χ3n) is 2.02. The third-order valence-corrected chi connectivity index (χ3v) is 2.02. The average molecular weight is 274 g/mol. The lowest BCUT2D eigenvalue weighted by Crippen LogP contribution is -2.41. The summed E-state index contributed by atoms with van der Waals surface area (Å²) in [5, 5.41) is 0. The number of nitrogens with two attached hydrogens (primary N) is 1. The van der Waals surface area contributed by atoms with Gasteiger partial charge in [0.2, 0.25) is 6.04 Å². The molecule has 1 atom stereocenters. The smallest absolute Gasteiger partial charge is 0.334 e. The highest BCUT2D eigenvalue weighted by Crippen LogP contribution is 2.01. The van der Waals surface area contributed by atoms with Gasteiger partial charge in [-0.1, -0.05) is 30.3 Å². The van der Waals surface area contributed by atoms with Gasteiger partial charge in [0.1, 0.15) is 6.61 Å². The van der Waals surface area contributed by atoms with E-state index < -0.39 is 18.0 Å². The summed E-state index contributed by atoms with van der Waals surface area (Å²) in [4.78, 5) is 22.5. The molecule has 100 valence electrons. The molecule has 2 N–H and O–H groups in total. The van der Waals surface area contributed by atoms with Crippen molar-refractivity contribution in [2.75, 3.05) is 6.61 Å². The molecule has 0 saturated heterocycles. The van der Waals surface area contributed by atoms with Crippen LogP contribution in [-0.2, 0) is 25.7 Å². The molecule has 0 aliphatic rings.